The van der Waals surface area contributed by atoms with Crippen LogP contribution in [0, 0.1) is 15.9 Å². The van der Waals surface area contributed by atoms with Crippen LogP contribution < -0.4 is 4.74 Å². The number of rotatable bonds is 9. The lowest BCUT2D eigenvalue weighted by molar-refractivity contribution is -0.385. The minimum Gasteiger partial charge on any atom is -0.491 e. The maximum atomic E-state index is 13.5. The van der Waals surface area contributed by atoms with Crippen molar-refractivity contribution in [2.75, 3.05) is 12.4 Å². The molecule has 9 heteroatoms. The van der Waals surface area contributed by atoms with Gasteiger partial charge in [-0.25, -0.2) is 12.8 Å². The zero-order valence-corrected chi connectivity index (χ0v) is 12.7. The molecule has 0 bridgehead atoms. The summed E-state index contributed by atoms with van der Waals surface area (Å²) in [7, 11) is 1.62. The molecule has 0 aliphatic heterocycles. The van der Waals surface area contributed by atoms with Gasteiger partial charge in [0.25, 0.3) is 5.69 Å². The van der Waals surface area contributed by atoms with Gasteiger partial charge in [-0.3, -0.25) is 10.1 Å². The Bertz CT molecular complexity index is 593. The molecule has 0 unspecified atom stereocenters. The first-order valence-corrected chi connectivity index (χ1v) is 8.76. The third-order valence-electron chi connectivity index (χ3n) is 2.67. The highest BCUT2D eigenvalue weighted by molar-refractivity contribution is 8.13. The van der Waals surface area contributed by atoms with Gasteiger partial charge in [-0.05, 0) is 18.9 Å². The third kappa shape index (κ3) is 7.24. The van der Waals surface area contributed by atoms with Crippen LogP contribution in [0.15, 0.2) is 18.2 Å². The predicted octanol–water partition coefficient (Wildman–Crippen LogP) is 3.24. The molecule has 6 nitrogen and oxygen atoms in total. The van der Waals surface area contributed by atoms with E-state index in [2.05, 4.69) is 0 Å². The Hall–Kier alpha value is -1.41. The molecule has 0 aliphatic carbocycles. The van der Waals surface area contributed by atoms with E-state index in [1.165, 1.54) is 12.1 Å². The Morgan fingerprint density at radius 1 is 1.24 bits per heavy atom. The first kappa shape index (κ1) is 17.6. The highest BCUT2D eigenvalue weighted by Crippen LogP contribution is 2.22. The summed E-state index contributed by atoms with van der Waals surface area (Å²) < 4.78 is 40.0. The van der Waals surface area contributed by atoms with E-state index in [1.807, 2.05) is 0 Å². The second-order valence-corrected chi connectivity index (χ2v) is 7.27. The zero-order chi connectivity index (χ0) is 15.9. The SMILES string of the molecule is O=[N+]([O-])c1ccc(OCCCCCCS(=O)(=O)Cl)c(F)c1. The standard InChI is InChI=1S/C12H15ClFNO5S/c13-21(18,19)8-4-2-1-3-7-20-12-6-5-10(15(16)17)9-11(12)14/h5-6,9H,1-4,7-8H2. The first-order valence-electron chi connectivity index (χ1n) is 6.28. The molecule has 0 radical (unpaired) electrons. The van der Waals surface area contributed by atoms with E-state index in [0.29, 0.717) is 19.3 Å². The summed E-state index contributed by atoms with van der Waals surface area (Å²) in [6, 6.07) is 3.19. The van der Waals surface area contributed by atoms with Crippen molar-refractivity contribution in [1.29, 1.82) is 0 Å². The number of hydrogen-bond donors (Lipinski definition) is 0. The van der Waals surface area contributed by atoms with Gasteiger partial charge in [0.05, 0.1) is 23.3 Å². The Labute approximate surface area is 126 Å². The van der Waals surface area contributed by atoms with Crippen LogP contribution in [-0.2, 0) is 9.05 Å². The van der Waals surface area contributed by atoms with Crippen molar-refractivity contribution in [3.8, 4) is 5.75 Å². The monoisotopic (exact) mass is 339 g/mol. The van der Waals surface area contributed by atoms with Crippen LogP contribution in [0.25, 0.3) is 0 Å². The van der Waals surface area contributed by atoms with Gasteiger partial charge in [0, 0.05) is 16.7 Å². The van der Waals surface area contributed by atoms with Gasteiger partial charge in [0.1, 0.15) is 0 Å². The van der Waals surface area contributed by atoms with Gasteiger partial charge in [0.15, 0.2) is 11.6 Å². The molecule has 0 amide bonds. The lowest BCUT2D eigenvalue weighted by atomic mass is 10.2. The average Bonchev–Trinajstić information content (AvgIpc) is 2.37. The molecular weight excluding hydrogens is 325 g/mol. The molecule has 1 aromatic rings. The summed E-state index contributed by atoms with van der Waals surface area (Å²) in [5.74, 6) is -0.881. The van der Waals surface area contributed by atoms with Crippen molar-refractivity contribution in [2.24, 2.45) is 0 Å². The summed E-state index contributed by atoms with van der Waals surface area (Å²) in [6.45, 7) is 0.252. The van der Waals surface area contributed by atoms with Crippen molar-refractivity contribution < 1.29 is 22.5 Å². The van der Waals surface area contributed by atoms with Crippen molar-refractivity contribution in [3.63, 3.8) is 0 Å². The quantitative estimate of drug-likeness (QED) is 0.298. The number of nitro benzene ring substituents is 1. The molecule has 1 rings (SSSR count). The second kappa shape index (κ2) is 8.14. The first-order chi connectivity index (χ1) is 9.79. The topological polar surface area (TPSA) is 86.5 Å². The van der Waals surface area contributed by atoms with E-state index in [1.54, 1.807) is 0 Å². The third-order valence-corrected chi connectivity index (χ3v) is 3.91. The molecule has 21 heavy (non-hydrogen) atoms. The van der Waals surface area contributed by atoms with Crippen LogP contribution in [-0.4, -0.2) is 25.7 Å². The molecule has 0 spiro atoms. The Balaban J connectivity index is 2.26. The number of unbranched alkanes of at least 4 members (excludes halogenated alkanes) is 3. The second-order valence-electron chi connectivity index (χ2n) is 4.38. The van der Waals surface area contributed by atoms with Crippen LogP contribution in [0.1, 0.15) is 25.7 Å². The molecule has 0 saturated carbocycles. The van der Waals surface area contributed by atoms with Crippen molar-refractivity contribution in [2.45, 2.75) is 25.7 Å². The van der Waals surface area contributed by atoms with Crippen molar-refractivity contribution in [1.82, 2.24) is 0 Å². The van der Waals surface area contributed by atoms with Gasteiger partial charge in [-0.15, -0.1) is 0 Å². The van der Waals surface area contributed by atoms with E-state index in [9.17, 15) is 22.9 Å². The van der Waals surface area contributed by atoms with Crippen LogP contribution in [0.2, 0.25) is 0 Å². The fourth-order valence-electron chi connectivity index (χ4n) is 1.63. The zero-order valence-electron chi connectivity index (χ0n) is 11.1. The molecule has 118 valence electrons. The van der Waals surface area contributed by atoms with E-state index >= 15 is 0 Å². The minimum absolute atomic E-state index is 0.0380. The van der Waals surface area contributed by atoms with Crippen LogP contribution in [0.4, 0.5) is 10.1 Å². The Kier molecular flexibility index (Phi) is 6.83. The number of non-ortho nitro benzene ring substituents is 1. The summed E-state index contributed by atoms with van der Waals surface area (Å²) in [4.78, 5) is 9.76. The lowest BCUT2D eigenvalue weighted by Crippen LogP contribution is -2.01. The maximum absolute atomic E-state index is 13.5. The molecule has 0 aliphatic rings. The highest BCUT2D eigenvalue weighted by atomic mass is 35.7. The smallest absolute Gasteiger partial charge is 0.272 e. The van der Waals surface area contributed by atoms with Crippen LogP contribution >= 0.6 is 10.7 Å². The molecule has 0 atom stereocenters. The number of nitro groups is 1. The minimum atomic E-state index is -3.44. The van der Waals surface area contributed by atoms with Crippen LogP contribution in [0.5, 0.6) is 5.75 Å². The average molecular weight is 340 g/mol. The number of halogens is 2. The van der Waals surface area contributed by atoms with Crippen molar-refractivity contribution in [3.05, 3.63) is 34.1 Å². The van der Waals surface area contributed by atoms with E-state index < -0.39 is 19.8 Å². The normalized spacial score (nSPS) is 11.3. The summed E-state index contributed by atoms with van der Waals surface area (Å²) in [5.41, 5.74) is -0.331. The van der Waals surface area contributed by atoms with Gasteiger partial charge in [0.2, 0.25) is 9.05 Å². The Morgan fingerprint density at radius 2 is 1.90 bits per heavy atom. The molecule has 0 heterocycles. The van der Waals surface area contributed by atoms with Gasteiger partial charge < -0.3 is 4.74 Å². The molecular formula is C12H15ClFNO5S. The summed E-state index contributed by atoms with van der Waals surface area (Å²) in [5, 5.41) is 10.4. The van der Waals surface area contributed by atoms with E-state index in [-0.39, 0.29) is 23.8 Å². The van der Waals surface area contributed by atoms with E-state index in [0.717, 1.165) is 12.5 Å². The number of ether oxygens (including phenoxy) is 1. The Morgan fingerprint density at radius 3 is 2.48 bits per heavy atom. The highest BCUT2D eigenvalue weighted by Gasteiger charge is 2.11. The molecule has 0 fully saturated rings. The van der Waals surface area contributed by atoms with Crippen LogP contribution in [0.3, 0.4) is 0 Å². The number of nitrogens with zero attached hydrogens (tertiary/aromatic N) is 1. The van der Waals surface area contributed by atoms with Gasteiger partial charge in [-0.2, -0.15) is 0 Å². The number of benzene rings is 1. The fraction of sp³-hybridized carbons (Fsp3) is 0.500. The summed E-state index contributed by atoms with van der Waals surface area (Å²) in [6.07, 6.45) is 2.50. The fourth-order valence-corrected chi connectivity index (χ4v) is 2.51. The lowest BCUT2D eigenvalue weighted by Gasteiger charge is -2.06. The van der Waals surface area contributed by atoms with E-state index in [4.69, 9.17) is 15.4 Å². The molecule has 0 saturated heterocycles. The van der Waals surface area contributed by atoms with Gasteiger partial charge in [-0.1, -0.05) is 12.8 Å². The predicted molar refractivity (Wildman–Crippen MR) is 76.7 cm³/mol. The van der Waals surface area contributed by atoms with Crippen molar-refractivity contribution >= 4 is 25.4 Å². The maximum Gasteiger partial charge on any atom is 0.272 e. The number of hydrogen-bond acceptors (Lipinski definition) is 5. The largest absolute Gasteiger partial charge is 0.491 e. The summed E-state index contributed by atoms with van der Waals surface area (Å²) >= 11 is 0. The molecule has 1 aromatic carbocycles. The molecule has 0 aromatic heterocycles. The van der Waals surface area contributed by atoms with Gasteiger partial charge >= 0.3 is 0 Å². The molecule has 0 N–H and O–H groups in total.